The molecular formula is C26H34N6O4. The van der Waals surface area contributed by atoms with Gasteiger partial charge in [0.2, 0.25) is 11.9 Å². The van der Waals surface area contributed by atoms with Crippen molar-refractivity contribution in [3.05, 3.63) is 29.3 Å². The second-order valence-electron chi connectivity index (χ2n) is 10.8. The van der Waals surface area contributed by atoms with E-state index in [-0.39, 0.29) is 29.4 Å². The number of fused-ring (bicyclic) bond motifs is 3. The normalized spacial score (nSPS) is 24.5. The van der Waals surface area contributed by atoms with Crippen LogP contribution in [0.3, 0.4) is 0 Å². The Kier molecular flexibility index (Phi) is 6.13. The summed E-state index contributed by atoms with van der Waals surface area (Å²) >= 11 is 0. The Morgan fingerprint density at radius 2 is 1.78 bits per heavy atom. The van der Waals surface area contributed by atoms with Crippen LogP contribution in [0.1, 0.15) is 57.1 Å². The highest BCUT2D eigenvalue weighted by molar-refractivity contribution is 5.79. The fourth-order valence-corrected chi connectivity index (χ4v) is 5.85. The number of ether oxygens (including phenoxy) is 2. The van der Waals surface area contributed by atoms with Gasteiger partial charge in [0.05, 0.1) is 17.7 Å². The number of nitrogen functional groups attached to an aromatic ring is 1. The molecule has 1 aliphatic heterocycles. The number of nitrogens with two attached hydrogens (primary N) is 3. The molecule has 6 N–H and O–H groups in total. The number of hydrogen-bond donors (Lipinski definition) is 3. The third kappa shape index (κ3) is 4.64. The minimum atomic E-state index is -0.720. The van der Waals surface area contributed by atoms with Crippen LogP contribution in [-0.2, 0) is 21.4 Å². The zero-order valence-corrected chi connectivity index (χ0v) is 20.8. The molecule has 1 saturated carbocycles. The minimum absolute atomic E-state index is 0.0672. The van der Waals surface area contributed by atoms with Crippen molar-refractivity contribution in [1.82, 2.24) is 9.97 Å². The lowest BCUT2D eigenvalue weighted by Crippen LogP contribution is -2.32. The Balaban J connectivity index is 1.39. The Labute approximate surface area is 210 Å². The Bertz CT molecular complexity index is 1190. The Morgan fingerprint density at radius 3 is 2.44 bits per heavy atom. The van der Waals surface area contributed by atoms with Crippen molar-refractivity contribution in [2.45, 2.75) is 70.0 Å². The smallest absolute Gasteiger partial charge is 0.404 e. The monoisotopic (exact) mass is 494 g/mol. The van der Waals surface area contributed by atoms with Crippen molar-refractivity contribution in [3.63, 3.8) is 0 Å². The summed E-state index contributed by atoms with van der Waals surface area (Å²) < 4.78 is 11.4. The van der Waals surface area contributed by atoms with Gasteiger partial charge in [0.15, 0.2) is 0 Å². The first-order valence-corrected chi connectivity index (χ1v) is 12.6. The van der Waals surface area contributed by atoms with Crippen LogP contribution < -0.4 is 26.8 Å². The zero-order valence-electron chi connectivity index (χ0n) is 20.8. The molecule has 1 atom stereocenters. The maximum atomic E-state index is 11.7. The fraction of sp³-hybridized carbons (Fsp3) is 0.538. The van der Waals surface area contributed by atoms with Gasteiger partial charge in [0.25, 0.3) is 0 Å². The molecule has 0 radical (unpaired) electrons. The number of rotatable bonds is 5. The van der Waals surface area contributed by atoms with Gasteiger partial charge in [-0.25, -0.2) is 9.78 Å². The minimum Gasteiger partial charge on any atom is -0.490 e. The van der Waals surface area contributed by atoms with Crippen LogP contribution in [0.5, 0.6) is 5.75 Å². The molecular weight excluding hydrogens is 460 g/mol. The number of nitrogens with zero attached hydrogens (tertiary/aromatic N) is 3. The second-order valence-corrected chi connectivity index (χ2v) is 10.8. The second kappa shape index (κ2) is 9.15. The molecule has 0 spiro atoms. The third-order valence-corrected chi connectivity index (χ3v) is 7.65. The van der Waals surface area contributed by atoms with Crippen LogP contribution in [0.2, 0.25) is 0 Å². The number of aromatic nitrogens is 2. The Hall–Kier alpha value is -3.56. The summed E-state index contributed by atoms with van der Waals surface area (Å²) in [6.07, 6.45) is 3.78. The van der Waals surface area contributed by atoms with Crippen molar-refractivity contribution >= 4 is 23.8 Å². The van der Waals surface area contributed by atoms with E-state index in [1.165, 1.54) is 0 Å². The van der Waals surface area contributed by atoms with Crippen molar-refractivity contribution in [2.24, 2.45) is 17.4 Å². The molecule has 2 fully saturated rings. The number of benzene rings is 1. The van der Waals surface area contributed by atoms with Gasteiger partial charge in [-0.2, -0.15) is 4.98 Å². The van der Waals surface area contributed by atoms with Crippen molar-refractivity contribution in [3.8, 4) is 17.0 Å². The molecule has 2 aliphatic carbocycles. The van der Waals surface area contributed by atoms with Gasteiger partial charge < -0.3 is 31.6 Å². The predicted octanol–water partition coefficient (Wildman–Crippen LogP) is 2.66. The van der Waals surface area contributed by atoms with E-state index in [4.69, 9.17) is 31.7 Å². The predicted molar refractivity (Wildman–Crippen MR) is 135 cm³/mol. The summed E-state index contributed by atoms with van der Waals surface area (Å²) in [7, 11) is 0. The molecule has 192 valence electrons. The molecule has 1 unspecified atom stereocenters. The lowest BCUT2D eigenvalue weighted by Gasteiger charge is -2.35. The summed E-state index contributed by atoms with van der Waals surface area (Å²) in [5.74, 6) is 1.33. The highest BCUT2D eigenvalue weighted by Gasteiger charge is 2.37. The number of amides is 2. The molecule has 5 rings (SSSR count). The van der Waals surface area contributed by atoms with Crippen molar-refractivity contribution in [1.29, 1.82) is 0 Å². The Morgan fingerprint density at radius 1 is 1.06 bits per heavy atom. The van der Waals surface area contributed by atoms with E-state index >= 15 is 0 Å². The van der Waals surface area contributed by atoms with Crippen LogP contribution in [-0.4, -0.2) is 47.3 Å². The topological polar surface area (TPSA) is 160 Å². The summed E-state index contributed by atoms with van der Waals surface area (Å²) in [5, 5.41) is 0. The lowest BCUT2D eigenvalue weighted by molar-refractivity contribution is -0.121. The lowest BCUT2D eigenvalue weighted by atomic mass is 9.72. The van der Waals surface area contributed by atoms with E-state index in [2.05, 4.69) is 24.9 Å². The first-order chi connectivity index (χ1) is 17.1. The van der Waals surface area contributed by atoms with Crippen LogP contribution in [0, 0.1) is 5.92 Å². The fourth-order valence-electron chi connectivity index (χ4n) is 5.85. The SMILES string of the molecule is CC1(C)Cc2cc(OC3CCC(OC(N)=O)CC3)ccc2-c2nc(N3CCC(C(N)=O)C3)nc(N)c21. The van der Waals surface area contributed by atoms with Gasteiger partial charge in [-0.3, -0.25) is 4.79 Å². The molecule has 0 bridgehead atoms. The number of carbonyl (C=O) groups excluding carboxylic acids is 2. The van der Waals surface area contributed by atoms with Gasteiger partial charge in [-0.1, -0.05) is 13.8 Å². The molecule has 2 aromatic rings. The van der Waals surface area contributed by atoms with E-state index in [9.17, 15) is 9.59 Å². The van der Waals surface area contributed by atoms with Crippen LogP contribution in [0.4, 0.5) is 16.6 Å². The number of anilines is 2. The van der Waals surface area contributed by atoms with Gasteiger partial charge in [0.1, 0.15) is 17.7 Å². The molecule has 2 heterocycles. The molecule has 3 aliphatic rings. The van der Waals surface area contributed by atoms with E-state index in [0.717, 1.165) is 60.2 Å². The molecule has 10 heteroatoms. The van der Waals surface area contributed by atoms with Gasteiger partial charge in [-0.05, 0) is 67.7 Å². The average molecular weight is 495 g/mol. The van der Waals surface area contributed by atoms with Crippen LogP contribution >= 0.6 is 0 Å². The summed E-state index contributed by atoms with van der Waals surface area (Å²) in [6, 6.07) is 6.12. The molecule has 10 nitrogen and oxygen atoms in total. The molecule has 2 amide bonds. The summed E-state index contributed by atoms with van der Waals surface area (Å²) in [6.45, 7) is 5.48. The maximum Gasteiger partial charge on any atom is 0.404 e. The van der Waals surface area contributed by atoms with Gasteiger partial charge >= 0.3 is 6.09 Å². The highest BCUT2D eigenvalue weighted by Crippen LogP contribution is 2.46. The summed E-state index contributed by atoms with van der Waals surface area (Å²) in [5.41, 5.74) is 20.9. The van der Waals surface area contributed by atoms with Crippen LogP contribution in [0.15, 0.2) is 18.2 Å². The van der Waals surface area contributed by atoms with Gasteiger partial charge in [0, 0.05) is 24.2 Å². The zero-order chi connectivity index (χ0) is 25.6. The first-order valence-electron chi connectivity index (χ1n) is 12.6. The molecule has 1 aromatic heterocycles. The highest BCUT2D eigenvalue weighted by atomic mass is 16.6. The van der Waals surface area contributed by atoms with Gasteiger partial charge in [-0.15, -0.1) is 0 Å². The average Bonchev–Trinajstić information content (AvgIpc) is 3.30. The first kappa shape index (κ1) is 24.1. The quantitative estimate of drug-likeness (QED) is 0.572. The third-order valence-electron chi connectivity index (χ3n) is 7.65. The number of primary amides is 2. The van der Waals surface area contributed by atoms with Crippen molar-refractivity contribution in [2.75, 3.05) is 23.7 Å². The maximum absolute atomic E-state index is 11.7. The number of hydrogen-bond acceptors (Lipinski definition) is 8. The standard InChI is InChI=1S/C26H34N6O4/c1-26(2)12-15-11-18(35-16-3-5-17(6-4-16)36-24(29)34)7-8-19(15)21-20(26)22(27)31-25(30-21)32-10-9-14(13-32)23(28)33/h7-8,11,14,16-17H,3-6,9-10,12-13H2,1-2H3,(H2,28,33)(H2,29,34)(H2,27,30,31). The molecule has 36 heavy (non-hydrogen) atoms. The van der Waals surface area contributed by atoms with E-state index in [1.807, 2.05) is 17.0 Å². The van der Waals surface area contributed by atoms with E-state index < -0.39 is 6.09 Å². The molecule has 1 saturated heterocycles. The van der Waals surface area contributed by atoms with E-state index in [0.29, 0.717) is 31.3 Å². The van der Waals surface area contributed by atoms with Crippen LogP contribution in [0.25, 0.3) is 11.3 Å². The molecule has 1 aromatic carbocycles. The summed E-state index contributed by atoms with van der Waals surface area (Å²) in [4.78, 5) is 34.2. The number of carbonyl (C=O) groups is 2. The van der Waals surface area contributed by atoms with E-state index in [1.54, 1.807) is 0 Å². The van der Waals surface area contributed by atoms with Crippen molar-refractivity contribution < 1.29 is 19.1 Å². The largest absolute Gasteiger partial charge is 0.490 e.